The summed E-state index contributed by atoms with van der Waals surface area (Å²) in [5.74, 6) is 0.793. The Balaban J connectivity index is 1.97. The molecular formula is C12H14N4O. The first-order chi connectivity index (χ1) is 8.15. The molecule has 0 aliphatic rings. The molecule has 0 saturated heterocycles. The van der Waals surface area contributed by atoms with Crippen LogP contribution in [0.25, 0.3) is 0 Å². The summed E-state index contributed by atoms with van der Waals surface area (Å²) in [7, 11) is 1.87. The van der Waals surface area contributed by atoms with Gasteiger partial charge in [0, 0.05) is 18.8 Å². The molecule has 0 fully saturated rings. The third kappa shape index (κ3) is 2.84. The topological polar surface area (TPSA) is 76.9 Å². The van der Waals surface area contributed by atoms with Crippen molar-refractivity contribution in [3.05, 3.63) is 47.8 Å². The first kappa shape index (κ1) is 11.2. The lowest BCUT2D eigenvalue weighted by molar-refractivity contribution is 0.300. The van der Waals surface area contributed by atoms with Crippen molar-refractivity contribution in [3.63, 3.8) is 0 Å². The molecule has 5 heteroatoms. The number of nitrogens with one attached hydrogen (secondary N) is 1. The van der Waals surface area contributed by atoms with E-state index in [0.717, 1.165) is 11.4 Å². The van der Waals surface area contributed by atoms with Gasteiger partial charge >= 0.3 is 0 Å². The van der Waals surface area contributed by atoms with E-state index >= 15 is 0 Å². The highest BCUT2D eigenvalue weighted by Crippen LogP contribution is 2.13. The van der Waals surface area contributed by atoms with Crippen LogP contribution in [0.5, 0.6) is 5.75 Å². The molecule has 2 aromatic rings. The first-order valence-electron chi connectivity index (χ1n) is 5.21. The Hall–Kier alpha value is -2.30. The fraction of sp³-hybridized carbons (Fsp3) is 0.167. The molecule has 88 valence electrons. The molecule has 3 N–H and O–H groups in total. The summed E-state index contributed by atoms with van der Waals surface area (Å²) in [6.07, 6.45) is 1.87. The third-order valence-corrected chi connectivity index (χ3v) is 2.32. The van der Waals surface area contributed by atoms with Crippen LogP contribution in [-0.2, 0) is 13.7 Å². The summed E-state index contributed by atoms with van der Waals surface area (Å²) in [5.41, 5.74) is 6.93. The quantitative estimate of drug-likeness (QED) is 0.613. The molecule has 0 bridgehead atoms. The monoisotopic (exact) mass is 230 g/mol. The molecule has 5 nitrogen and oxygen atoms in total. The highest BCUT2D eigenvalue weighted by atomic mass is 16.5. The van der Waals surface area contributed by atoms with Crippen molar-refractivity contribution >= 4 is 5.84 Å². The van der Waals surface area contributed by atoms with Gasteiger partial charge < -0.3 is 10.5 Å². The lowest BCUT2D eigenvalue weighted by Gasteiger charge is -2.05. The van der Waals surface area contributed by atoms with Crippen molar-refractivity contribution < 1.29 is 4.74 Å². The Morgan fingerprint density at radius 3 is 2.59 bits per heavy atom. The first-order valence-corrected chi connectivity index (χ1v) is 5.21. The number of nitrogens with two attached hydrogens (primary N) is 1. The molecule has 0 atom stereocenters. The van der Waals surface area contributed by atoms with Crippen LogP contribution in [0.2, 0.25) is 0 Å². The molecule has 17 heavy (non-hydrogen) atoms. The van der Waals surface area contributed by atoms with Gasteiger partial charge in [-0.2, -0.15) is 5.10 Å². The van der Waals surface area contributed by atoms with Gasteiger partial charge in [0.2, 0.25) is 0 Å². The van der Waals surface area contributed by atoms with Crippen molar-refractivity contribution in [2.45, 2.75) is 6.61 Å². The van der Waals surface area contributed by atoms with Crippen LogP contribution in [0.4, 0.5) is 0 Å². The van der Waals surface area contributed by atoms with Gasteiger partial charge in [-0.15, -0.1) is 0 Å². The van der Waals surface area contributed by atoms with Gasteiger partial charge in [-0.25, -0.2) is 0 Å². The van der Waals surface area contributed by atoms with E-state index < -0.39 is 0 Å². The van der Waals surface area contributed by atoms with Gasteiger partial charge in [0.25, 0.3) is 0 Å². The number of hydrogen-bond donors (Lipinski definition) is 2. The van der Waals surface area contributed by atoms with Crippen molar-refractivity contribution in [3.8, 4) is 5.75 Å². The van der Waals surface area contributed by atoms with Crippen molar-refractivity contribution in [1.29, 1.82) is 5.41 Å². The Kier molecular flexibility index (Phi) is 3.09. The number of rotatable bonds is 4. The molecule has 0 unspecified atom stereocenters. The highest BCUT2D eigenvalue weighted by Gasteiger charge is 2.00. The van der Waals surface area contributed by atoms with Crippen LogP contribution in [0.3, 0.4) is 0 Å². The van der Waals surface area contributed by atoms with E-state index in [1.165, 1.54) is 0 Å². The van der Waals surface area contributed by atoms with Crippen LogP contribution < -0.4 is 10.5 Å². The number of benzene rings is 1. The Bertz CT molecular complexity index is 516. The minimum absolute atomic E-state index is 0.0567. The van der Waals surface area contributed by atoms with Crippen molar-refractivity contribution in [1.82, 2.24) is 9.78 Å². The predicted molar refractivity (Wildman–Crippen MR) is 65.0 cm³/mol. The van der Waals surface area contributed by atoms with Gasteiger partial charge in [-0.3, -0.25) is 10.1 Å². The van der Waals surface area contributed by atoms with Gasteiger partial charge in [0.1, 0.15) is 18.2 Å². The lowest BCUT2D eigenvalue weighted by atomic mass is 10.2. The van der Waals surface area contributed by atoms with Gasteiger partial charge in [0.15, 0.2) is 0 Å². The smallest absolute Gasteiger partial charge is 0.132 e. The zero-order valence-electron chi connectivity index (χ0n) is 9.55. The van der Waals surface area contributed by atoms with Crippen LogP contribution >= 0.6 is 0 Å². The maximum atomic E-state index is 7.27. The summed E-state index contributed by atoms with van der Waals surface area (Å²) < 4.78 is 7.29. The third-order valence-electron chi connectivity index (χ3n) is 2.32. The summed E-state index contributed by atoms with van der Waals surface area (Å²) in [6, 6.07) is 9.01. The second-order valence-electron chi connectivity index (χ2n) is 3.71. The molecule has 1 aromatic heterocycles. The maximum absolute atomic E-state index is 7.27. The molecule has 0 saturated carbocycles. The number of nitrogens with zero attached hydrogens (tertiary/aromatic N) is 2. The fourth-order valence-electron chi connectivity index (χ4n) is 1.43. The maximum Gasteiger partial charge on any atom is 0.132 e. The van der Waals surface area contributed by atoms with Gasteiger partial charge in [0.05, 0.1) is 5.69 Å². The Morgan fingerprint density at radius 1 is 1.35 bits per heavy atom. The SMILES string of the molecule is Cn1ccc(COc2ccc(C(=N)N)cc2)n1. The summed E-state index contributed by atoms with van der Waals surface area (Å²) in [4.78, 5) is 0. The van der Waals surface area contributed by atoms with E-state index in [9.17, 15) is 0 Å². The molecule has 0 amide bonds. The van der Waals surface area contributed by atoms with E-state index in [2.05, 4.69) is 5.10 Å². The molecular weight excluding hydrogens is 216 g/mol. The minimum Gasteiger partial charge on any atom is -0.487 e. The predicted octanol–water partition coefficient (Wildman–Crippen LogP) is 1.28. The average Bonchev–Trinajstić information content (AvgIpc) is 2.73. The molecule has 0 aliphatic carbocycles. The second kappa shape index (κ2) is 4.69. The van der Waals surface area contributed by atoms with Crippen molar-refractivity contribution in [2.24, 2.45) is 12.8 Å². The number of aromatic nitrogens is 2. The summed E-state index contributed by atoms with van der Waals surface area (Å²) >= 11 is 0. The number of ether oxygens (including phenoxy) is 1. The van der Waals surface area contributed by atoms with Crippen LogP contribution in [0, 0.1) is 5.41 Å². The summed E-state index contributed by atoms with van der Waals surface area (Å²) in [5, 5.41) is 11.5. The molecule has 1 aromatic carbocycles. The highest BCUT2D eigenvalue weighted by molar-refractivity contribution is 5.94. The van der Waals surface area contributed by atoms with Crippen LogP contribution in [-0.4, -0.2) is 15.6 Å². The van der Waals surface area contributed by atoms with Gasteiger partial charge in [-0.1, -0.05) is 0 Å². The Morgan fingerprint density at radius 2 is 2.06 bits per heavy atom. The van der Waals surface area contributed by atoms with E-state index in [4.69, 9.17) is 15.9 Å². The van der Waals surface area contributed by atoms with Gasteiger partial charge in [-0.05, 0) is 30.3 Å². The fourth-order valence-corrected chi connectivity index (χ4v) is 1.43. The van der Waals surface area contributed by atoms with E-state index in [-0.39, 0.29) is 5.84 Å². The zero-order valence-corrected chi connectivity index (χ0v) is 9.55. The van der Waals surface area contributed by atoms with Crippen LogP contribution in [0.15, 0.2) is 36.5 Å². The molecule has 2 rings (SSSR count). The molecule has 0 aliphatic heterocycles. The average molecular weight is 230 g/mol. The number of hydrogen-bond acceptors (Lipinski definition) is 3. The second-order valence-corrected chi connectivity index (χ2v) is 3.71. The normalized spacial score (nSPS) is 10.2. The van der Waals surface area contributed by atoms with Crippen LogP contribution in [0.1, 0.15) is 11.3 Å². The minimum atomic E-state index is 0.0567. The standard InChI is InChI=1S/C12H14N4O/c1-16-7-6-10(15-16)8-17-11-4-2-9(3-5-11)12(13)14/h2-7H,8H2,1H3,(H3,13,14). The molecule has 0 radical (unpaired) electrons. The zero-order chi connectivity index (χ0) is 12.3. The van der Waals surface area contributed by atoms with Crippen molar-refractivity contribution in [2.75, 3.05) is 0 Å². The lowest BCUT2D eigenvalue weighted by Crippen LogP contribution is -2.10. The molecule has 1 heterocycles. The number of nitrogen functional groups attached to an aromatic ring is 1. The van der Waals surface area contributed by atoms with E-state index in [1.54, 1.807) is 28.9 Å². The largest absolute Gasteiger partial charge is 0.487 e. The van der Waals surface area contributed by atoms with E-state index in [1.807, 2.05) is 19.3 Å². The summed E-state index contributed by atoms with van der Waals surface area (Å²) in [6.45, 7) is 0.431. The molecule has 0 spiro atoms. The Labute approximate surface area is 99.3 Å². The number of amidine groups is 1. The van der Waals surface area contributed by atoms with E-state index in [0.29, 0.717) is 12.2 Å². The number of aryl methyl sites for hydroxylation is 1.